The van der Waals surface area contributed by atoms with Crippen LogP contribution in [-0.4, -0.2) is 18.1 Å². The second-order valence-corrected chi connectivity index (χ2v) is 7.47. The Labute approximate surface area is 139 Å². The Bertz CT molecular complexity index is 579. The number of aromatic nitrogens is 1. The molecule has 1 aromatic heterocycles. The molecule has 0 bridgehead atoms. The first-order chi connectivity index (χ1) is 10.3. The lowest BCUT2D eigenvalue weighted by molar-refractivity contribution is 0.459. The third-order valence-corrected chi connectivity index (χ3v) is 5.76. The van der Waals surface area contributed by atoms with E-state index in [-0.39, 0.29) is 0 Å². The van der Waals surface area contributed by atoms with Gasteiger partial charge in [-0.05, 0) is 37.3 Å². The molecule has 1 aliphatic rings. The van der Waals surface area contributed by atoms with E-state index in [0.29, 0.717) is 0 Å². The molecular weight excluding hydrogens is 344 g/mol. The zero-order chi connectivity index (χ0) is 14.7. The first kappa shape index (κ1) is 15.0. The number of halogens is 1. The average Bonchev–Trinajstić information content (AvgIpc) is 2.87. The van der Waals surface area contributed by atoms with Gasteiger partial charge in [0.15, 0.2) is 5.13 Å². The summed E-state index contributed by atoms with van der Waals surface area (Å²) < 4.78 is 1.11. The van der Waals surface area contributed by atoms with E-state index in [2.05, 4.69) is 57.4 Å². The van der Waals surface area contributed by atoms with Gasteiger partial charge in [0.2, 0.25) is 0 Å². The van der Waals surface area contributed by atoms with E-state index < -0.39 is 0 Å². The third-order valence-electron chi connectivity index (χ3n) is 4.33. The van der Waals surface area contributed by atoms with Gasteiger partial charge in [-0.3, -0.25) is 0 Å². The molecular formula is C17H21BrN2S. The highest BCUT2D eigenvalue weighted by Crippen LogP contribution is 2.30. The van der Waals surface area contributed by atoms with Gasteiger partial charge in [0.05, 0.1) is 5.69 Å². The summed E-state index contributed by atoms with van der Waals surface area (Å²) in [5.41, 5.74) is 2.29. The van der Waals surface area contributed by atoms with E-state index in [0.717, 1.165) is 29.2 Å². The number of thiazole rings is 1. The largest absolute Gasteiger partial charge is 0.348 e. The van der Waals surface area contributed by atoms with Crippen LogP contribution in [0.2, 0.25) is 0 Å². The Kier molecular flexibility index (Phi) is 4.96. The van der Waals surface area contributed by atoms with E-state index in [4.69, 9.17) is 4.98 Å². The normalized spacial score (nSPS) is 19.5. The van der Waals surface area contributed by atoms with E-state index >= 15 is 0 Å². The Balaban J connectivity index is 1.74. The molecule has 0 spiro atoms. The summed E-state index contributed by atoms with van der Waals surface area (Å²) in [6, 6.07) is 8.40. The molecule has 4 heteroatoms. The second-order valence-electron chi connectivity index (χ2n) is 5.71. The van der Waals surface area contributed by atoms with Gasteiger partial charge in [-0.1, -0.05) is 41.4 Å². The van der Waals surface area contributed by atoms with Crippen LogP contribution in [0.3, 0.4) is 0 Å². The molecule has 2 heterocycles. The van der Waals surface area contributed by atoms with E-state index in [9.17, 15) is 0 Å². The summed E-state index contributed by atoms with van der Waals surface area (Å²) in [6.45, 7) is 4.63. The smallest absolute Gasteiger partial charge is 0.185 e. The maximum Gasteiger partial charge on any atom is 0.185 e. The van der Waals surface area contributed by atoms with Crippen molar-refractivity contribution in [2.24, 2.45) is 5.92 Å². The Morgan fingerprint density at radius 2 is 2.05 bits per heavy atom. The van der Waals surface area contributed by atoms with Crippen molar-refractivity contribution in [1.29, 1.82) is 0 Å². The van der Waals surface area contributed by atoms with Gasteiger partial charge in [-0.15, -0.1) is 11.3 Å². The molecule has 112 valence electrons. The number of nitrogens with zero attached hydrogens (tertiary/aromatic N) is 2. The lowest BCUT2D eigenvalue weighted by atomic mass is 9.98. The van der Waals surface area contributed by atoms with Crippen LogP contribution in [0.15, 0.2) is 34.1 Å². The first-order valence-corrected chi connectivity index (χ1v) is 9.40. The van der Waals surface area contributed by atoms with Gasteiger partial charge in [0.25, 0.3) is 0 Å². The van der Waals surface area contributed by atoms with Crippen LogP contribution in [0.25, 0.3) is 11.3 Å². The number of benzene rings is 1. The number of hydrogen-bond acceptors (Lipinski definition) is 3. The molecule has 1 unspecified atom stereocenters. The first-order valence-electron chi connectivity index (χ1n) is 7.72. The van der Waals surface area contributed by atoms with Crippen molar-refractivity contribution in [3.05, 3.63) is 34.1 Å². The summed E-state index contributed by atoms with van der Waals surface area (Å²) in [7, 11) is 0. The fourth-order valence-corrected chi connectivity index (χ4v) is 4.08. The minimum absolute atomic E-state index is 0.904. The van der Waals surface area contributed by atoms with Crippen LogP contribution >= 0.6 is 27.3 Å². The quantitative estimate of drug-likeness (QED) is 0.705. The van der Waals surface area contributed by atoms with E-state index in [1.807, 2.05) is 0 Å². The SMILES string of the molecule is CCC1CCCN(c2nc(-c3ccc(Br)cc3)cs2)CC1. The second kappa shape index (κ2) is 6.93. The molecule has 1 aliphatic heterocycles. The Morgan fingerprint density at radius 3 is 2.81 bits per heavy atom. The van der Waals surface area contributed by atoms with Crippen LogP contribution in [0.1, 0.15) is 32.6 Å². The van der Waals surface area contributed by atoms with E-state index in [1.165, 1.54) is 36.4 Å². The van der Waals surface area contributed by atoms with Gasteiger partial charge in [-0.2, -0.15) is 0 Å². The maximum atomic E-state index is 4.86. The molecule has 2 nitrogen and oxygen atoms in total. The molecule has 0 amide bonds. The van der Waals surface area contributed by atoms with E-state index in [1.54, 1.807) is 11.3 Å². The predicted octanol–water partition coefficient (Wildman–Crippen LogP) is 5.59. The summed E-state index contributed by atoms with van der Waals surface area (Å²) in [5.74, 6) is 0.904. The fourth-order valence-electron chi connectivity index (χ4n) is 2.93. The van der Waals surface area contributed by atoms with Crippen LogP contribution in [0.5, 0.6) is 0 Å². The van der Waals surface area contributed by atoms with Crippen molar-refractivity contribution < 1.29 is 0 Å². The molecule has 3 rings (SSSR count). The zero-order valence-electron chi connectivity index (χ0n) is 12.4. The van der Waals surface area contributed by atoms with Crippen molar-refractivity contribution in [3.8, 4) is 11.3 Å². The van der Waals surface area contributed by atoms with Crippen LogP contribution in [0, 0.1) is 5.92 Å². The zero-order valence-corrected chi connectivity index (χ0v) is 14.8. The van der Waals surface area contributed by atoms with Gasteiger partial charge < -0.3 is 4.90 Å². The van der Waals surface area contributed by atoms with Crippen LogP contribution in [-0.2, 0) is 0 Å². The van der Waals surface area contributed by atoms with Gasteiger partial charge in [0, 0.05) is 28.5 Å². The summed E-state index contributed by atoms with van der Waals surface area (Å²) in [4.78, 5) is 7.33. The average molecular weight is 365 g/mol. The van der Waals surface area contributed by atoms with Crippen molar-refractivity contribution >= 4 is 32.4 Å². The lowest BCUT2D eigenvalue weighted by Gasteiger charge is -2.19. The van der Waals surface area contributed by atoms with Crippen molar-refractivity contribution in [2.45, 2.75) is 32.6 Å². The minimum Gasteiger partial charge on any atom is -0.348 e. The summed E-state index contributed by atoms with van der Waals surface area (Å²) in [5, 5.41) is 3.37. The molecule has 2 aromatic rings. The van der Waals surface area contributed by atoms with Crippen molar-refractivity contribution in [3.63, 3.8) is 0 Å². The number of hydrogen-bond donors (Lipinski definition) is 0. The topological polar surface area (TPSA) is 16.1 Å². The lowest BCUT2D eigenvalue weighted by Crippen LogP contribution is -2.23. The van der Waals surface area contributed by atoms with Gasteiger partial charge in [-0.25, -0.2) is 4.98 Å². The highest BCUT2D eigenvalue weighted by atomic mass is 79.9. The van der Waals surface area contributed by atoms with Crippen LogP contribution in [0.4, 0.5) is 5.13 Å². The molecule has 0 saturated carbocycles. The Morgan fingerprint density at radius 1 is 1.24 bits per heavy atom. The summed E-state index contributed by atoms with van der Waals surface area (Å²) >= 11 is 5.26. The molecule has 1 saturated heterocycles. The molecule has 0 N–H and O–H groups in total. The number of rotatable bonds is 3. The number of anilines is 1. The highest BCUT2D eigenvalue weighted by molar-refractivity contribution is 9.10. The fraction of sp³-hybridized carbons (Fsp3) is 0.471. The van der Waals surface area contributed by atoms with Gasteiger partial charge in [0.1, 0.15) is 0 Å². The monoisotopic (exact) mass is 364 g/mol. The predicted molar refractivity (Wildman–Crippen MR) is 95.1 cm³/mol. The highest BCUT2D eigenvalue weighted by Gasteiger charge is 2.18. The molecule has 1 aromatic carbocycles. The molecule has 1 atom stereocenters. The van der Waals surface area contributed by atoms with Gasteiger partial charge >= 0.3 is 0 Å². The molecule has 0 aliphatic carbocycles. The standard InChI is InChI=1S/C17H21BrN2S/c1-2-13-4-3-10-20(11-9-13)17-19-16(12-21-17)14-5-7-15(18)8-6-14/h5-8,12-13H,2-4,9-11H2,1H3. The van der Waals surface area contributed by atoms with Crippen molar-refractivity contribution in [1.82, 2.24) is 4.98 Å². The minimum atomic E-state index is 0.904. The molecule has 1 fully saturated rings. The van der Waals surface area contributed by atoms with Crippen molar-refractivity contribution in [2.75, 3.05) is 18.0 Å². The molecule has 21 heavy (non-hydrogen) atoms. The molecule has 0 radical (unpaired) electrons. The Hall–Kier alpha value is -0.870. The third kappa shape index (κ3) is 3.67. The van der Waals surface area contributed by atoms with Crippen LogP contribution < -0.4 is 4.90 Å². The summed E-state index contributed by atoms with van der Waals surface area (Å²) in [6.07, 6.45) is 5.29. The maximum absolute atomic E-state index is 4.86.